The Labute approximate surface area is 147 Å². The maximum Gasteiger partial charge on any atom is 0.127 e. The first kappa shape index (κ1) is 19.1. The molecule has 1 aromatic rings. The third-order valence-corrected chi connectivity index (χ3v) is 5.06. The minimum atomic E-state index is -0.396. The molecule has 1 aromatic carbocycles. The number of aliphatic hydroxyl groups is 1. The Balaban J connectivity index is 2.33. The van der Waals surface area contributed by atoms with Gasteiger partial charge >= 0.3 is 0 Å². The summed E-state index contributed by atoms with van der Waals surface area (Å²) in [7, 11) is 0. The van der Waals surface area contributed by atoms with Gasteiger partial charge in [-0.3, -0.25) is 0 Å². The largest absolute Gasteiger partial charge is 0.508 e. The molecule has 1 aliphatic carbocycles. The molecule has 0 aliphatic heterocycles. The standard InChI is InChI=1S/C21H34O3/c1-5-6-7-8-16-12-19(23)21(20(13-16)24-14(2)3)17-11-15(4)9-10-18(17)22/h12-15,17-18,22-23H,5-11H2,1-4H3. The van der Waals surface area contributed by atoms with Crippen LogP contribution in [0.15, 0.2) is 12.1 Å². The number of rotatable bonds is 7. The van der Waals surface area contributed by atoms with E-state index in [0.717, 1.165) is 49.0 Å². The van der Waals surface area contributed by atoms with E-state index in [0.29, 0.717) is 5.92 Å². The van der Waals surface area contributed by atoms with E-state index in [1.807, 2.05) is 19.9 Å². The fourth-order valence-electron chi connectivity index (χ4n) is 3.79. The number of aromatic hydroxyl groups is 1. The van der Waals surface area contributed by atoms with Crippen molar-refractivity contribution in [3.63, 3.8) is 0 Å². The van der Waals surface area contributed by atoms with E-state index in [1.165, 1.54) is 12.8 Å². The number of aryl methyl sites for hydroxylation is 1. The Bertz CT molecular complexity index is 524. The molecule has 1 saturated carbocycles. The molecule has 0 heterocycles. The van der Waals surface area contributed by atoms with Crippen molar-refractivity contribution in [1.82, 2.24) is 0 Å². The minimum absolute atomic E-state index is 0.0350. The topological polar surface area (TPSA) is 49.7 Å². The van der Waals surface area contributed by atoms with Crippen LogP contribution in [0.4, 0.5) is 0 Å². The number of benzene rings is 1. The van der Waals surface area contributed by atoms with Gasteiger partial charge in [0, 0.05) is 11.5 Å². The molecule has 0 radical (unpaired) electrons. The van der Waals surface area contributed by atoms with Gasteiger partial charge < -0.3 is 14.9 Å². The lowest BCUT2D eigenvalue weighted by atomic mass is 9.76. The van der Waals surface area contributed by atoms with Crippen LogP contribution in [0.2, 0.25) is 0 Å². The van der Waals surface area contributed by atoms with Gasteiger partial charge in [0.25, 0.3) is 0 Å². The van der Waals surface area contributed by atoms with Crippen molar-refractivity contribution in [2.75, 3.05) is 0 Å². The number of hydrogen-bond acceptors (Lipinski definition) is 3. The Morgan fingerprint density at radius 2 is 1.96 bits per heavy atom. The van der Waals surface area contributed by atoms with E-state index in [9.17, 15) is 10.2 Å². The van der Waals surface area contributed by atoms with Gasteiger partial charge in [-0.05, 0) is 69.6 Å². The number of unbranched alkanes of at least 4 members (excludes halogenated alkanes) is 2. The van der Waals surface area contributed by atoms with Crippen molar-refractivity contribution in [2.45, 2.75) is 90.8 Å². The van der Waals surface area contributed by atoms with Gasteiger partial charge in [0.15, 0.2) is 0 Å². The van der Waals surface area contributed by atoms with Crippen molar-refractivity contribution >= 4 is 0 Å². The molecule has 3 atom stereocenters. The second-order valence-corrected chi connectivity index (χ2v) is 7.74. The zero-order chi connectivity index (χ0) is 17.7. The molecule has 2 N–H and O–H groups in total. The summed E-state index contributed by atoms with van der Waals surface area (Å²) >= 11 is 0. The van der Waals surface area contributed by atoms with Crippen molar-refractivity contribution in [3.8, 4) is 11.5 Å². The van der Waals surface area contributed by atoms with Crippen LogP contribution < -0.4 is 4.74 Å². The van der Waals surface area contributed by atoms with Gasteiger partial charge in [-0.2, -0.15) is 0 Å². The summed E-state index contributed by atoms with van der Waals surface area (Å²) in [6.07, 6.45) is 6.86. The van der Waals surface area contributed by atoms with E-state index in [-0.39, 0.29) is 17.8 Å². The molecule has 1 fully saturated rings. The molecule has 0 bridgehead atoms. The molecule has 3 nitrogen and oxygen atoms in total. The third-order valence-electron chi connectivity index (χ3n) is 5.06. The highest BCUT2D eigenvalue weighted by Crippen LogP contribution is 2.45. The molecule has 24 heavy (non-hydrogen) atoms. The van der Waals surface area contributed by atoms with Crippen molar-refractivity contribution in [2.24, 2.45) is 5.92 Å². The van der Waals surface area contributed by atoms with Crippen molar-refractivity contribution in [1.29, 1.82) is 0 Å². The maximum atomic E-state index is 10.7. The molecule has 136 valence electrons. The first-order chi connectivity index (χ1) is 11.4. The van der Waals surface area contributed by atoms with Gasteiger partial charge in [0.1, 0.15) is 11.5 Å². The summed E-state index contributed by atoms with van der Waals surface area (Å²) in [6, 6.07) is 3.96. The van der Waals surface area contributed by atoms with E-state index in [4.69, 9.17) is 4.74 Å². The number of hydrogen-bond donors (Lipinski definition) is 2. The molecule has 0 spiro atoms. The molecule has 2 rings (SSSR count). The Morgan fingerprint density at radius 1 is 1.21 bits per heavy atom. The summed E-state index contributed by atoms with van der Waals surface area (Å²) in [5.41, 5.74) is 1.93. The summed E-state index contributed by atoms with van der Waals surface area (Å²) in [5.74, 6) is 1.58. The van der Waals surface area contributed by atoms with E-state index >= 15 is 0 Å². The van der Waals surface area contributed by atoms with E-state index < -0.39 is 6.10 Å². The van der Waals surface area contributed by atoms with Crippen LogP contribution in [0, 0.1) is 5.92 Å². The average molecular weight is 335 g/mol. The average Bonchev–Trinajstić information content (AvgIpc) is 2.50. The third kappa shape index (κ3) is 4.89. The highest BCUT2D eigenvalue weighted by Gasteiger charge is 2.33. The van der Waals surface area contributed by atoms with E-state index in [1.54, 1.807) is 0 Å². The monoisotopic (exact) mass is 334 g/mol. The zero-order valence-corrected chi connectivity index (χ0v) is 15.7. The highest BCUT2D eigenvalue weighted by atomic mass is 16.5. The molecular weight excluding hydrogens is 300 g/mol. The van der Waals surface area contributed by atoms with Crippen LogP contribution in [0.25, 0.3) is 0 Å². The SMILES string of the molecule is CCCCCc1cc(O)c(C2CC(C)CCC2O)c(OC(C)C)c1. The number of ether oxygens (including phenoxy) is 1. The zero-order valence-electron chi connectivity index (χ0n) is 15.7. The van der Waals surface area contributed by atoms with Crippen molar-refractivity contribution < 1.29 is 14.9 Å². The Morgan fingerprint density at radius 3 is 2.62 bits per heavy atom. The van der Waals surface area contributed by atoms with Crippen LogP contribution in [0.5, 0.6) is 11.5 Å². The van der Waals surface area contributed by atoms with Crippen LogP contribution in [-0.2, 0) is 6.42 Å². The first-order valence-electron chi connectivity index (χ1n) is 9.62. The molecule has 0 amide bonds. The van der Waals surface area contributed by atoms with Crippen LogP contribution in [-0.4, -0.2) is 22.4 Å². The molecule has 3 heteroatoms. The second-order valence-electron chi connectivity index (χ2n) is 7.74. The van der Waals surface area contributed by atoms with Gasteiger partial charge in [0.2, 0.25) is 0 Å². The Kier molecular flexibility index (Phi) is 6.97. The summed E-state index contributed by atoms with van der Waals surface area (Å²) < 4.78 is 6.04. The summed E-state index contributed by atoms with van der Waals surface area (Å²) in [5, 5.41) is 21.2. The fraction of sp³-hybridized carbons (Fsp3) is 0.714. The maximum absolute atomic E-state index is 10.7. The lowest BCUT2D eigenvalue weighted by Gasteiger charge is -2.33. The van der Waals surface area contributed by atoms with Crippen LogP contribution in [0.1, 0.15) is 83.3 Å². The lowest BCUT2D eigenvalue weighted by Crippen LogP contribution is -2.27. The number of phenols is 1. The number of phenolic OH excluding ortho intramolecular Hbond substituents is 1. The minimum Gasteiger partial charge on any atom is -0.508 e. The summed E-state index contributed by atoms with van der Waals surface area (Å²) in [6.45, 7) is 8.42. The number of aliphatic hydroxyl groups excluding tert-OH is 1. The molecule has 0 saturated heterocycles. The molecule has 3 unspecified atom stereocenters. The van der Waals surface area contributed by atoms with Gasteiger partial charge in [-0.15, -0.1) is 0 Å². The lowest BCUT2D eigenvalue weighted by molar-refractivity contribution is 0.0846. The highest BCUT2D eigenvalue weighted by molar-refractivity contribution is 5.50. The summed E-state index contributed by atoms with van der Waals surface area (Å²) in [4.78, 5) is 0. The quantitative estimate of drug-likeness (QED) is 0.676. The van der Waals surface area contributed by atoms with Crippen molar-refractivity contribution in [3.05, 3.63) is 23.3 Å². The predicted molar refractivity (Wildman–Crippen MR) is 98.9 cm³/mol. The molecule has 0 aromatic heterocycles. The van der Waals surface area contributed by atoms with Gasteiger partial charge in [-0.1, -0.05) is 26.7 Å². The molecule has 1 aliphatic rings. The first-order valence-corrected chi connectivity index (χ1v) is 9.62. The van der Waals surface area contributed by atoms with Gasteiger partial charge in [0.05, 0.1) is 12.2 Å². The second kappa shape index (κ2) is 8.75. The van der Waals surface area contributed by atoms with Gasteiger partial charge in [-0.25, -0.2) is 0 Å². The van der Waals surface area contributed by atoms with Crippen LogP contribution >= 0.6 is 0 Å². The Hall–Kier alpha value is -1.22. The predicted octanol–water partition coefficient (Wildman–Crippen LogP) is 5.18. The molecular formula is C21H34O3. The normalized spacial score (nSPS) is 24.3. The smallest absolute Gasteiger partial charge is 0.127 e. The van der Waals surface area contributed by atoms with E-state index in [2.05, 4.69) is 19.9 Å². The fourth-order valence-corrected chi connectivity index (χ4v) is 3.79. The van der Waals surface area contributed by atoms with Crippen LogP contribution in [0.3, 0.4) is 0 Å².